The van der Waals surface area contributed by atoms with E-state index in [9.17, 15) is 5.11 Å². The van der Waals surface area contributed by atoms with Gasteiger partial charge in [0.2, 0.25) is 0 Å². The van der Waals surface area contributed by atoms with Crippen LogP contribution in [0.3, 0.4) is 0 Å². The molecular weight excluding hydrogens is 354 g/mol. The van der Waals surface area contributed by atoms with Crippen molar-refractivity contribution >= 4 is 0 Å². The normalized spacial score (nSPS) is 26.9. The quantitative estimate of drug-likeness (QED) is 0.704. The monoisotopic (exact) mass is 381 g/mol. The van der Waals surface area contributed by atoms with Gasteiger partial charge in [-0.2, -0.15) is 0 Å². The van der Waals surface area contributed by atoms with Crippen LogP contribution in [0, 0.1) is 0 Å². The van der Waals surface area contributed by atoms with Crippen molar-refractivity contribution in [3.8, 4) is 0 Å². The van der Waals surface area contributed by atoms with E-state index in [2.05, 4.69) is 65.6 Å². The van der Waals surface area contributed by atoms with E-state index in [1.165, 1.54) is 28.7 Å². The molecule has 2 heteroatoms. The molecule has 1 N–H and O–H groups in total. The Morgan fingerprint density at radius 2 is 1.31 bits per heavy atom. The first-order valence-electron chi connectivity index (χ1n) is 10.9. The Morgan fingerprint density at radius 1 is 0.759 bits per heavy atom. The summed E-state index contributed by atoms with van der Waals surface area (Å²) in [7, 11) is 0. The summed E-state index contributed by atoms with van der Waals surface area (Å²) in [5, 5.41) is 11.2. The molecule has 1 fully saturated rings. The largest absolute Gasteiger partial charge is 0.385 e. The van der Waals surface area contributed by atoms with Gasteiger partial charge in [-0.1, -0.05) is 78.9 Å². The van der Waals surface area contributed by atoms with E-state index in [0.29, 0.717) is 5.92 Å². The van der Waals surface area contributed by atoms with Crippen LogP contribution in [0.25, 0.3) is 0 Å². The molecule has 0 atom stereocenters. The van der Waals surface area contributed by atoms with Crippen LogP contribution in [-0.2, 0) is 11.0 Å². The second-order valence-electron chi connectivity index (χ2n) is 9.19. The lowest BCUT2D eigenvalue weighted by molar-refractivity contribution is -0.0289. The molecule has 1 heterocycles. The van der Waals surface area contributed by atoms with Gasteiger partial charge in [0.1, 0.15) is 0 Å². The number of piperidine rings is 1. The average molecular weight is 382 g/mol. The van der Waals surface area contributed by atoms with E-state index in [4.69, 9.17) is 0 Å². The minimum atomic E-state index is -0.681. The van der Waals surface area contributed by atoms with Gasteiger partial charge in [-0.3, -0.25) is 0 Å². The third-order valence-corrected chi connectivity index (χ3v) is 7.74. The molecule has 3 aromatic rings. The highest BCUT2D eigenvalue weighted by Gasteiger charge is 2.53. The lowest BCUT2D eigenvalue weighted by Crippen LogP contribution is -2.47. The summed E-state index contributed by atoms with van der Waals surface area (Å²) in [6, 6.07) is 28.4. The molecule has 3 aromatic carbocycles. The Kier molecular flexibility index (Phi) is 3.78. The molecule has 29 heavy (non-hydrogen) atoms. The van der Waals surface area contributed by atoms with Crippen molar-refractivity contribution in [1.82, 2.24) is 4.90 Å². The maximum Gasteiger partial charge on any atom is 0.0920 e. The van der Waals surface area contributed by atoms with Crippen molar-refractivity contribution in [2.24, 2.45) is 0 Å². The van der Waals surface area contributed by atoms with E-state index in [0.717, 1.165) is 38.0 Å². The van der Waals surface area contributed by atoms with Gasteiger partial charge in [-0.05, 0) is 47.1 Å². The molecule has 2 aliphatic carbocycles. The predicted octanol–water partition coefficient (Wildman–Crippen LogP) is 4.81. The van der Waals surface area contributed by atoms with Crippen LogP contribution in [0.4, 0.5) is 0 Å². The number of hydrogen-bond acceptors (Lipinski definition) is 2. The van der Waals surface area contributed by atoms with Crippen molar-refractivity contribution in [1.29, 1.82) is 0 Å². The van der Waals surface area contributed by atoms with Crippen LogP contribution in [0.15, 0.2) is 78.9 Å². The van der Waals surface area contributed by atoms with Crippen LogP contribution in [0.5, 0.6) is 0 Å². The molecule has 3 aliphatic rings. The molecule has 2 bridgehead atoms. The van der Waals surface area contributed by atoms with Crippen LogP contribution in [-0.4, -0.2) is 29.6 Å². The lowest BCUT2D eigenvalue weighted by Gasteiger charge is -2.42. The van der Waals surface area contributed by atoms with Crippen LogP contribution in [0.1, 0.15) is 53.0 Å². The number of benzene rings is 3. The summed E-state index contributed by atoms with van der Waals surface area (Å²) < 4.78 is 0. The zero-order valence-corrected chi connectivity index (χ0v) is 16.7. The van der Waals surface area contributed by atoms with Crippen molar-refractivity contribution < 1.29 is 5.11 Å². The molecule has 0 spiro atoms. The summed E-state index contributed by atoms with van der Waals surface area (Å²) in [4.78, 5) is 2.60. The predicted molar refractivity (Wildman–Crippen MR) is 116 cm³/mol. The molecule has 0 aromatic heterocycles. The van der Waals surface area contributed by atoms with Crippen molar-refractivity contribution in [3.63, 3.8) is 0 Å². The van der Waals surface area contributed by atoms with Crippen molar-refractivity contribution in [3.05, 3.63) is 107 Å². The lowest BCUT2D eigenvalue weighted by atomic mass is 9.74. The summed E-state index contributed by atoms with van der Waals surface area (Å²) in [5.74, 6) is 0.549. The number of hydrogen-bond donors (Lipinski definition) is 1. The van der Waals surface area contributed by atoms with Gasteiger partial charge in [-0.15, -0.1) is 0 Å². The van der Waals surface area contributed by atoms with Gasteiger partial charge in [0.05, 0.1) is 5.60 Å². The minimum absolute atomic E-state index is 0.111. The van der Waals surface area contributed by atoms with Gasteiger partial charge in [0, 0.05) is 31.0 Å². The van der Waals surface area contributed by atoms with Crippen molar-refractivity contribution in [2.45, 2.75) is 36.2 Å². The number of aliphatic hydroxyl groups is 1. The fourth-order valence-corrected chi connectivity index (χ4v) is 6.31. The van der Waals surface area contributed by atoms with Gasteiger partial charge in [0.25, 0.3) is 0 Å². The topological polar surface area (TPSA) is 23.5 Å². The second-order valence-corrected chi connectivity index (χ2v) is 9.19. The highest BCUT2D eigenvalue weighted by atomic mass is 16.3. The molecule has 0 amide bonds. The maximum atomic E-state index is 11.2. The van der Waals surface area contributed by atoms with Gasteiger partial charge >= 0.3 is 0 Å². The molecular formula is C27H27NO. The zero-order valence-electron chi connectivity index (χ0n) is 16.7. The molecule has 146 valence electrons. The van der Waals surface area contributed by atoms with E-state index < -0.39 is 5.60 Å². The third-order valence-electron chi connectivity index (χ3n) is 7.74. The van der Waals surface area contributed by atoms with E-state index in [-0.39, 0.29) is 5.41 Å². The molecule has 1 saturated heterocycles. The summed E-state index contributed by atoms with van der Waals surface area (Å²) in [5.41, 5.74) is 6.63. The Hall–Kier alpha value is -2.42. The molecule has 2 nitrogen and oxygen atoms in total. The standard InChI is InChI=1S/C27H27NO/c29-27(20-8-2-1-3-9-20)14-16-28(17-15-27)19-26-18-23(21-10-4-6-12-24(21)26)22-11-5-7-13-25(22)26/h1-13,23,29H,14-19H2. The van der Waals surface area contributed by atoms with Gasteiger partial charge in [0.15, 0.2) is 0 Å². The van der Waals surface area contributed by atoms with Crippen LogP contribution in [0.2, 0.25) is 0 Å². The van der Waals surface area contributed by atoms with Crippen LogP contribution < -0.4 is 0 Å². The van der Waals surface area contributed by atoms with E-state index >= 15 is 0 Å². The maximum absolute atomic E-state index is 11.2. The summed E-state index contributed by atoms with van der Waals surface area (Å²) >= 11 is 0. The SMILES string of the molecule is OC1(c2ccccc2)CCN(CC23CC(c4ccccc42)c2ccccc23)CC1. The molecule has 0 saturated carbocycles. The van der Waals surface area contributed by atoms with Crippen molar-refractivity contribution in [2.75, 3.05) is 19.6 Å². The fourth-order valence-electron chi connectivity index (χ4n) is 6.31. The number of likely N-dealkylation sites (tertiary alicyclic amines) is 1. The first kappa shape index (κ1) is 17.4. The number of fused-ring (bicyclic) bond motifs is 8. The first-order chi connectivity index (χ1) is 14.2. The van der Waals surface area contributed by atoms with E-state index in [1.807, 2.05) is 18.2 Å². The zero-order chi connectivity index (χ0) is 19.5. The Balaban J connectivity index is 1.30. The second kappa shape index (κ2) is 6.29. The average Bonchev–Trinajstić information content (AvgIpc) is 3.29. The fraction of sp³-hybridized carbons (Fsp3) is 0.333. The first-order valence-corrected chi connectivity index (χ1v) is 10.9. The van der Waals surface area contributed by atoms with Crippen LogP contribution >= 0.6 is 0 Å². The Labute approximate surface area is 172 Å². The molecule has 6 rings (SSSR count). The number of rotatable bonds is 3. The molecule has 0 radical (unpaired) electrons. The smallest absolute Gasteiger partial charge is 0.0920 e. The number of nitrogens with zero attached hydrogens (tertiary/aromatic N) is 1. The van der Waals surface area contributed by atoms with E-state index in [1.54, 1.807) is 0 Å². The molecule has 1 aliphatic heterocycles. The van der Waals surface area contributed by atoms with Gasteiger partial charge < -0.3 is 10.0 Å². The third kappa shape index (κ3) is 2.49. The highest BCUT2D eigenvalue weighted by molar-refractivity contribution is 5.62. The summed E-state index contributed by atoms with van der Waals surface area (Å²) in [6.07, 6.45) is 2.81. The minimum Gasteiger partial charge on any atom is -0.385 e. The highest BCUT2D eigenvalue weighted by Crippen LogP contribution is 2.60. The molecule has 0 unspecified atom stereocenters. The summed E-state index contributed by atoms with van der Waals surface area (Å²) in [6.45, 7) is 2.95. The Bertz CT molecular complexity index is 1000. The van der Waals surface area contributed by atoms with Gasteiger partial charge in [-0.25, -0.2) is 0 Å². The Morgan fingerprint density at radius 3 is 1.93 bits per heavy atom.